The normalized spacial score (nSPS) is 15.7. The Morgan fingerprint density at radius 1 is 0.875 bits per heavy atom. The number of allylic oxidation sites excluding steroid dienone is 2. The maximum atomic E-state index is 13.7. The van der Waals surface area contributed by atoms with Crippen molar-refractivity contribution in [2.24, 2.45) is 5.92 Å². The highest BCUT2D eigenvalue weighted by Crippen LogP contribution is 2.46. The highest BCUT2D eigenvalue weighted by atomic mass is 28.4. The van der Waals surface area contributed by atoms with Crippen molar-refractivity contribution in [2.75, 3.05) is 24.4 Å². The van der Waals surface area contributed by atoms with Crippen LogP contribution in [0.5, 0.6) is 11.5 Å². The minimum Gasteiger partial charge on any atom is -0.540 e. The van der Waals surface area contributed by atoms with Gasteiger partial charge in [-0.15, -0.1) is 0 Å². The summed E-state index contributed by atoms with van der Waals surface area (Å²) in [6.45, 7) is 32.6. The van der Waals surface area contributed by atoms with Gasteiger partial charge in [-0.3, -0.25) is 14.9 Å². The fourth-order valence-electron chi connectivity index (χ4n) is 8.03. The van der Waals surface area contributed by atoms with E-state index in [1.54, 1.807) is 45.2 Å². The molecular formula is C48H77N5O9Si2. The van der Waals surface area contributed by atoms with Gasteiger partial charge in [-0.2, -0.15) is 0 Å². The maximum Gasteiger partial charge on any atom is 0.411 e. The number of carbonyl (C=O) groups is 4. The van der Waals surface area contributed by atoms with Crippen LogP contribution in [0.4, 0.5) is 21.0 Å². The van der Waals surface area contributed by atoms with Crippen LogP contribution in [0.2, 0.25) is 34.8 Å². The zero-order valence-corrected chi connectivity index (χ0v) is 43.2. The number of carbonyl (C=O) groups excluding carboxylic acids is 3. The van der Waals surface area contributed by atoms with Gasteiger partial charge in [0, 0.05) is 24.5 Å². The average molecular weight is 924 g/mol. The van der Waals surface area contributed by atoms with E-state index in [4.69, 9.17) is 23.4 Å². The molecule has 1 aliphatic rings. The fraction of sp³-hybridized carbons (Fsp3) is 0.583. The van der Waals surface area contributed by atoms with Crippen LogP contribution < -0.4 is 30.4 Å². The quantitative estimate of drug-likeness (QED) is 0.0757. The SMILES string of the molecule is C/C=C/C1=CN(Cc2cc(OC)c(O[Si](C(C)C)(C(C)C)C(C)C)cc2NC(=O)OCc2ccc(NC(=O)[C@H](C)NC(=O)[C@@H](NC(=O)O)C(C)C)cc2)[C@H](CO[Si](C)(C)C(C)(C)C)C1. The van der Waals surface area contributed by atoms with Crippen LogP contribution in [-0.4, -0.2) is 82.5 Å². The molecule has 0 aromatic heterocycles. The summed E-state index contributed by atoms with van der Waals surface area (Å²) >= 11 is 0. The van der Waals surface area contributed by atoms with Crippen LogP contribution >= 0.6 is 0 Å². The number of carboxylic acid groups (broad SMARTS) is 1. The molecule has 0 bridgehead atoms. The highest BCUT2D eigenvalue weighted by molar-refractivity contribution is 6.78. The average Bonchev–Trinajstić information content (AvgIpc) is 3.58. The molecule has 3 rings (SSSR count). The molecule has 4 amide bonds. The van der Waals surface area contributed by atoms with E-state index in [9.17, 15) is 19.2 Å². The number of nitrogens with zero attached hydrogens (tertiary/aromatic N) is 1. The maximum absolute atomic E-state index is 13.7. The molecule has 3 atom stereocenters. The number of hydrogen-bond donors (Lipinski definition) is 5. The van der Waals surface area contributed by atoms with Crippen LogP contribution in [0, 0.1) is 5.92 Å². The number of methoxy groups -OCH3 is 1. The monoisotopic (exact) mass is 924 g/mol. The molecule has 0 unspecified atom stereocenters. The minimum absolute atomic E-state index is 0.0486. The summed E-state index contributed by atoms with van der Waals surface area (Å²) < 4.78 is 25.7. The standard InChI is InChI=1S/C48H77N5O9Si2/c1-17-18-36-23-39(29-61-63(15,16)48(11,12)13)53(26-36)27-37-24-41(59-14)42(62-64(31(4)5,32(6)7)33(8)9)25-40(37)51-47(58)60-28-35-19-21-38(22-20-35)50-44(54)34(10)49-45(55)43(30(2)3)52-46(56)57/h17-22,24-26,30-34,39,43,52H,23,27-29H2,1-16H3,(H,49,55)(H,50,54)(H,51,58)(H,56,57)/b18-17+/t34-,39-,43-/m0/s1. The van der Waals surface area contributed by atoms with Crippen LogP contribution in [0.25, 0.3) is 0 Å². The van der Waals surface area contributed by atoms with E-state index in [2.05, 4.69) is 114 Å². The first-order chi connectivity index (χ1) is 29.8. The predicted octanol–water partition coefficient (Wildman–Crippen LogP) is 10.8. The molecule has 64 heavy (non-hydrogen) atoms. The van der Waals surface area contributed by atoms with Crippen molar-refractivity contribution in [1.82, 2.24) is 15.5 Å². The summed E-state index contributed by atoms with van der Waals surface area (Å²) in [5, 5.41) is 19.7. The van der Waals surface area contributed by atoms with Crippen molar-refractivity contribution in [3.8, 4) is 11.5 Å². The number of benzene rings is 2. The number of ether oxygens (including phenoxy) is 2. The van der Waals surface area contributed by atoms with Crippen LogP contribution in [0.15, 0.2) is 60.3 Å². The molecule has 0 spiro atoms. The molecule has 0 fully saturated rings. The zero-order chi connectivity index (χ0) is 48.3. The van der Waals surface area contributed by atoms with E-state index in [0.717, 1.165) is 12.0 Å². The third kappa shape index (κ3) is 14.1. The first-order valence-corrected chi connectivity index (χ1v) is 27.6. The number of amides is 4. The minimum atomic E-state index is -2.44. The molecule has 0 saturated carbocycles. The number of rotatable bonds is 21. The Hall–Kier alpha value is -4.81. The molecule has 2 aromatic carbocycles. The second-order valence-electron chi connectivity index (χ2n) is 19.7. The van der Waals surface area contributed by atoms with Gasteiger partial charge in [0.1, 0.15) is 24.4 Å². The largest absolute Gasteiger partial charge is 0.540 e. The van der Waals surface area contributed by atoms with Crippen molar-refractivity contribution in [3.63, 3.8) is 0 Å². The van der Waals surface area contributed by atoms with Crippen LogP contribution in [-0.2, 0) is 31.9 Å². The molecule has 2 aromatic rings. The van der Waals surface area contributed by atoms with Gasteiger partial charge >= 0.3 is 12.2 Å². The van der Waals surface area contributed by atoms with Crippen molar-refractivity contribution in [3.05, 3.63) is 71.5 Å². The Balaban J connectivity index is 1.89. The Morgan fingerprint density at radius 2 is 1.48 bits per heavy atom. The number of hydrogen-bond acceptors (Lipinski definition) is 9. The van der Waals surface area contributed by atoms with Gasteiger partial charge in [0.05, 0.1) is 25.4 Å². The van der Waals surface area contributed by atoms with Gasteiger partial charge in [-0.25, -0.2) is 9.59 Å². The molecule has 1 aliphatic heterocycles. The molecule has 5 N–H and O–H groups in total. The first kappa shape index (κ1) is 53.5. The first-order valence-electron chi connectivity index (χ1n) is 22.5. The summed E-state index contributed by atoms with van der Waals surface area (Å²) in [7, 11) is -2.83. The topological polar surface area (TPSA) is 177 Å². The van der Waals surface area contributed by atoms with E-state index < -0.39 is 52.7 Å². The third-order valence-electron chi connectivity index (χ3n) is 12.6. The van der Waals surface area contributed by atoms with Crippen LogP contribution in [0.3, 0.4) is 0 Å². The Labute approximate surface area is 384 Å². The smallest absolute Gasteiger partial charge is 0.411 e. The van der Waals surface area contributed by atoms with E-state index in [1.807, 2.05) is 25.1 Å². The van der Waals surface area contributed by atoms with E-state index >= 15 is 0 Å². The molecule has 0 radical (unpaired) electrons. The van der Waals surface area contributed by atoms with Gasteiger partial charge in [-0.1, -0.05) is 100 Å². The van der Waals surface area contributed by atoms with E-state index in [1.165, 1.54) is 12.5 Å². The van der Waals surface area contributed by atoms with Gasteiger partial charge < -0.3 is 44.3 Å². The van der Waals surface area contributed by atoms with Crippen LogP contribution in [0.1, 0.15) is 108 Å². The summed E-state index contributed by atoms with van der Waals surface area (Å²) in [6.07, 6.45) is 5.21. The molecule has 356 valence electrons. The van der Waals surface area contributed by atoms with E-state index in [0.29, 0.717) is 58.2 Å². The summed E-state index contributed by atoms with van der Waals surface area (Å²) in [5.74, 6) is -0.237. The zero-order valence-electron chi connectivity index (χ0n) is 41.2. The Morgan fingerprint density at radius 3 is 2.00 bits per heavy atom. The van der Waals surface area contributed by atoms with Crippen molar-refractivity contribution >= 4 is 52.0 Å². The fourth-order valence-corrected chi connectivity index (χ4v) is 14.3. The third-order valence-corrected chi connectivity index (χ3v) is 23.1. The molecular weight excluding hydrogens is 847 g/mol. The van der Waals surface area contributed by atoms with Gasteiger partial charge in [0.25, 0.3) is 8.32 Å². The summed E-state index contributed by atoms with van der Waals surface area (Å²) in [6, 6.07) is 8.76. The van der Waals surface area contributed by atoms with Gasteiger partial charge in [-0.05, 0) is 95.8 Å². The summed E-state index contributed by atoms with van der Waals surface area (Å²) in [5.41, 5.74) is 4.62. The van der Waals surface area contributed by atoms with Gasteiger partial charge in [0.2, 0.25) is 11.8 Å². The molecule has 14 nitrogen and oxygen atoms in total. The lowest BCUT2D eigenvalue weighted by Crippen LogP contribution is -2.53. The Kier molecular flexibility index (Phi) is 19.1. The molecule has 0 saturated heterocycles. The second kappa shape index (κ2) is 22.9. The van der Waals surface area contributed by atoms with Crippen molar-refractivity contribution in [2.45, 2.75) is 162 Å². The van der Waals surface area contributed by atoms with Gasteiger partial charge in [0.15, 0.2) is 14.1 Å². The lowest BCUT2D eigenvalue weighted by Gasteiger charge is -2.42. The second-order valence-corrected chi connectivity index (χ2v) is 29.9. The molecule has 0 aliphatic carbocycles. The number of anilines is 2. The number of nitrogens with one attached hydrogen (secondary N) is 4. The van der Waals surface area contributed by atoms with E-state index in [-0.39, 0.29) is 23.6 Å². The van der Waals surface area contributed by atoms with Crippen molar-refractivity contribution in [1.29, 1.82) is 0 Å². The lowest BCUT2D eigenvalue weighted by atomic mass is 10.0. The summed E-state index contributed by atoms with van der Waals surface area (Å²) in [4.78, 5) is 52.8. The lowest BCUT2D eigenvalue weighted by molar-refractivity contribution is -0.128. The highest BCUT2D eigenvalue weighted by Gasteiger charge is 2.47. The molecule has 1 heterocycles. The Bertz CT molecular complexity index is 1950. The molecule has 16 heteroatoms. The van der Waals surface area contributed by atoms with Crippen molar-refractivity contribution < 1.29 is 42.6 Å². The predicted molar refractivity (Wildman–Crippen MR) is 261 cm³/mol.